The van der Waals surface area contributed by atoms with Crippen LogP contribution in [-0.2, 0) is 30.8 Å². The molecule has 2 aliphatic rings. The summed E-state index contributed by atoms with van der Waals surface area (Å²) >= 11 is 1.59. The number of carbonyl (C=O) groups excluding carboxylic acids is 3. The van der Waals surface area contributed by atoms with Crippen LogP contribution in [-0.4, -0.2) is 48.6 Å². The van der Waals surface area contributed by atoms with Gasteiger partial charge in [-0.2, -0.15) is 0 Å². The average molecular weight is 589 g/mol. The summed E-state index contributed by atoms with van der Waals surface area (Å²) in [6, 6.07) is 18.5. The molecule has 210 valence electrons. The molecule has 1 atom stereocenters. The van der Waals surface area contributed by atoms with Gasteiger partial charge in [0.1, 0.15) is 11.0 Å². The van der Waals surface area contributed by atoms with E-state index in [1.165, 1.54) is 21.9 Å². The second-order valence-electron chi connectivity index (χ2n) is 10.6. The number of anilines is 1. The Morgan fingerprint density at radius 3 is 2.41 bits per heavy atom. The van der Waals surface area contributed by atoms with E-state index in [9.17, 15) is 22.8 Å². The minimum absolute atomic E-state index is 0.00335. The number of aromatic nitrogens is 1. The molecule has 1 unspecified atom stereocenters. The zero-order chi connectivity index (χ0) is 28.9. The van der Waals surface area contributed by atoms with Crippen molar-refractivity contribution in [2.75, 3.05) is 11.4 Å². The average Bonchev–Trinajstić information content (AvgIpc) is 3.65. The number of aryl methyl sites for hydroxylation is 1. The van der Waals surface area contributed by atoms with Crippen molar-refractivity contribution in [2.45, 2.75) is 43.5 Å². The molecule has 9 nitrogen and oxygen atoms in total. The Morgan fingerprint density at radius 1 is 1.05 bits per heavy atom. The molecule has 1 saturated heterocycles. The number of nitrogens with two attached hydrogens (primary N) is 1. The SMILES string of the molecule is Cc1ccc2nc(-c3ccc(N4C(=O)CC(N(CCc5ccc(S(N)(=O)=O)cc5)C(=O)C5CC5)C4=O)cc3)sc2c1. The van der Waals surface area contributed by atoms with E-state index in [0.717, 1.165) is 44.8 Å². The molecule has 2 N–H and O–H groups in total. The third-order valence-corrected chi connectivity index (χ3v) is 9.51. The van der Waals surface area contributed by atoms with Crippen LogP contribution in [0, 0.1) is 12.8 Å². The molecule has 6 rings (SSSR count). The highest BCUT2D eigenvalue weighted by atomic mass is 32.2. The number of amides is 3. The molecule has 3 amide bonds. The van der Waals surface area contributed by atoms with Crippen LogP contribution in [0.1, 0.15) is 30.4 Å². The maximum absolute atomic E-state index is 13.6. The lowest BCUT2D eigenvalue weighted by Gasteiger charge is -2.28. The summed E-state index contributed by atoms with van der Waals surface area (Å²) < 4.78 is 24.2. The summed E-state index contributed by atoms with van der Waals surface area (Å²) in [5.41, 5.74) is 4.23. The van der Waals surface area contributed by atoms with Crippen LogP contribution >= 0.6 is 11.3 Å². The van der Waals surface area contributed by atoms with Crippen molar-refractivity contribution in [2.24, 2.45) is 11.1 Å². The summed E-state index contributed by atoms with van der Waals surface area (Å²) in [6.07, 6.45) is 1.85. The maximum atomic E-state index is 13.6. The number of carbonyl (C=O) groups is 3. The molecule has 4 aromatic rings. The largest absolute Gasteiger partial charge is 0.330 e. The van der Waals surface area contributed by atoms with E-state index in [1.807, 2.05) is 31.2 Å². The smallest absolute Gasteiger partial charge is 0.257 e. The summed E-state index contributed by atoms with van der Waals surface area (Å²) in [7, 11) is -3.81. The Morgan fingerprint density at radius 2 is 1.76 bits per heavy atom. The molecule has 2 fully saturated rings. The molecule has 1 saturated carbocycles. The Hall–Kier alpha value is -3.93. The fourth-order valence-electron chi connectivity index (χ4n) is 5.12. The summed E-state index contributed by atoms with van der Waals surface area (Å²) in [6.45, 7) is 2.27. The Labute approximate surface area is 241 Å². The first kappa shape index (κ1) is 27.3. The molecule has 1 aliphatic carbocycles. The second-order valence-corrected chi connectivity index (χ2v) is 13.2. The van der Waals surface area contributed by atoms with E-state index in [-0.39, 0.29) is 35.6 Å². The Balaban J connectivity index is 1.20. The van der Waals surface area contributed by atoms with Gasteiger partial charge in [-0.3, -0.25) is 14.4 Å². The van der Waals surface area contributed by atoms with Gasteiger partial charge in [0.15, 0.2) is 0 Å². The van der Waals surface area contributed by atoms with E-state index in [4.69, 9.17) is 10.1 Å². The van der Waals surface area contributed by atoms with Crippen molar-refractivity contribution in [3.63, 3.8) is 0 Å². The molecule has 3 aromatic carbocycles. The van der Waals surface area contributed by atoms with Gasteiger partial charge >= 0.3 is 0 Å². The van der Waals surface area contributed by atoms with Crippen molar-refractivity contribution in [1.82, 2.24) is 9.88 Å². The lowest BCUT2D eigenvalue weighted by atomic mass is 10.1. The zero-order valence-electron chi connectivity index (χ0n) is 22.3. The van der Waals surface area contributed by atoms with Crippen molar-refractivity contribution in [1.29, 1.82) is 0 Å². The molecule has 2 heterocycles. The van der Waals surface area contributed by atoms with E-state index in [0.29, 0.717) is 12.1 Å². The molecule has 0 bridgehead atoms. The normalized spacial score (nSPS) is 17.4. The van der Waals surface area contributed by atoms with Gasteiger partial charge in [-0.1, -0.05) is 18.2 Å². The van der Waals surface area contributed by atoms with Crippen LogP contribution in [0.25, 0.3) is 20.8 Å². The first-order valence-corrected chi connectivity index (χ1v) is 15.7. The van der Waals surface area contributed by atoms with Gasteiger partial charge in [-0.05, 0) is 85.8 Å². The predicted molar refractivity (Wildman–Crippen MR) is 157 cm³/mol. The zero-order valence-corrected chi connectivity index (χ0v) is 24.0. The maximum Gasteiger partial charge on any atom is 0.257 e. The number of rotatable bonds is 8. The quantitative estimate of drug-likeness (QED) is 0.309. The molecule has 1 aromatic heterocycles. The molecular weight excluding hydrogens is 560 g/mol. The molecule has 1 aliphatic heterocycles. The number of benzene rings is 3. The van der Waals surface area contributed by atoms with Gasteiger partial charge in [0.05, 0.1) is 27.2 Å². The van der Waals surface area contributed by atoms with Gasteiger partial charge in [-0.15, -0.1) is 11.3 Å². The number of nitrogens with zero attached hydrogens (tertiary/aromatic N) is 3. The van der Waals surface area contributed by atoms with Gasteiger partial charge in [0, 0.05) is 18.0 Å². The van der Waals surface area contributed by atoms with Crippen LogP contribution in [0.3, 0.4) is 0 Å². The van der Waals surface area contributed by atoms with E-state index < -0.39 is 22.0 Å². The van der Waals surface area contributed by atoms with Gasteiger partial charge in [0.25, 0.3) is 5.91 Å². The van der Waals surface area contributed by atoms with Gasteiger partial charge < -0.3 is 4.90 Å². The summed E-state index contributed by atoms with van der Waals surface area (Å²) in [5, 5.41) is 6.04. The number of fused-ring (bicyclic) bond motifs is 1. The van der Waals surface area contributed by atoms with E-state index >= 15 is 0 Å². The van der Waals surface area contributed by atoms with Crippen molar-refractivity contribution in [3.8, 4) is 10.6 Å². The lowest BCUT2D eigenvalue weighted by molar-refractivity contribution is -0.139. The summed E-state index contributed by atoms with van der Waals surface area (Å²) in [4.78, 5) is 47.4. The Bertz CT molecular complexity index is 1780. The number of hydrogen-bond acceptors (Lipinski definition) is 7. The van der Waals surface area contributed by atoms with Gasteiger partial charge in [0.2, 0.25) is 21.8 Å². The highest BCUT2D eigenvalue weighted by Gasteiger charge is 2.46. The topological polar surface area (TPSA) is 131 Å². The predicted octanol–water partition coefficient (Wildman–Crippen LogP) is 4.03. The minimum Gasteiger partial charge on any atom is -0.330 e. The standard InChI is InChI=1S/C30H28N4O5S2/c1-18-2-13-24-26(16-18)40-28(32-24)20-7-9-22(10-8-20)34-27(35)17-25(30(34)37)33(29(36)21-5-6-21)15-14-19-3-11-23(12-4-19)41(31,38)39/h2-4,7-13,16,21,25H,5-6,14-15,17H2,1H3,(H2,31,38,39). The van der Waals surface area contributed by atoms with Crippen molar-refractivity contribution in [3.05, 3.63) is 77.9 Å². The molecule has 0 radical (unpaired) electrons. The highest BCUT2D eigenvalue weighted by Crippen LogP contribution is 2.35. The summed E-state index contributed by atoms with van der Waals surface area (Å²) in [5.74, 6) is -1.03. The van der Waals surface area contributed by atoms with Gasteiger partial charge in [-0.25, -0.2) is 23.4 Å². The van der Waals surface area contributed by atoms with Crippen LogP contribution in [0.2, 0.25) is 0 Å². The number of sulfonamides is 1. The fraction of sp³-hybridized carbons (Fsp3) is 0.267. The molecular formula is C30H28N4O5S2. The van der Waals surface area contributed by atoms with Crippen LogP contribution in [0.4, 0.5) is 5.69 Å². The fourth-order valence-corrected chi connectivity index (χ4v) is 6.70. The third-order valence-electron chi connectivity index (χ3n) is 7.52. The van der Waals surface area contributed by atoms with E-state index in [1.54, 1.807) is 35.6 Å². The monoisotopic (exact) mass is 588 g/mol. The first-order chi connectivity index (χ1) is 19.6. The molecule has 11 heteroatoms. The number of primary sulfonamides is 1. The number of thiazole rings is 1. The third kappa shape index (κ3) is 5.52. The molecule has 41 heavy (non-hydrogen) atoms. The van der Waals surface area contributed by atoms with Crippen LogP contribution in [0.15, 0.2) is 71.6 Å². The second kappa shape index (κ2) is 10.5. The van der Waals surface area contributed by atoms with Crippen LogP contribution in [0.5, 0.6) is 0 Å². The van der Waals surface area contributed by atoms with Crippen LogP contribution < -0.4 is 10.0 Å². The lowest BCUT2D eigenvalue weighted by Crippen LogP contribution is -2.47. The highest BCUT2D eigenvalue weighted by molar-refractivity contribution is 7.89. The van der Waals surface area contributed by atoms with Crippen molar-refractivity contribution >= 4 is 55.0 Å². The van der Waals surface area contributed by atoms with Crippen molar-refractivity contribution < 1.29 is 22.8 Å². The minimum atomic E-state index is -3.81. The Kier molecular flexibility index (Phi) is 6.96. The van der Waals surface area contributed by atoms with E-state index in [2.05, 4.69) is 6.07 Å². The molecule has 0 spiro atoms. The number of imide groups is 1. The number of hydrogen-bond donors (Lipinski definition) is 1. The first-order valence-electron chi connectivity index (χ1n) is 13.3.